The first-order valence-electron chi connectivity index (χ1n) is 8.56. The molecule has 25 heavy (non-hydrogen) atoms. The van der Waals surface area contributed by atoms with Crippen molar-refractivity contribution in [3.8, 4) is 5.75 Å². The van der Waals surface area contributed by atoms with Gasteiger partial charge in [-0.1, -0.05) is 35.7 Å². The summed E-state index contributed by atoms with van der Waals surface area (Å²) in [5.74, 6) is -0.575. The van der Waals surface area contributed by atoms with Crippen LogP contribution in [0.4, 0.5) is 4.79 Å². The summed E-state index contributed by atoms with van der Waals surface area (Å²) < 4.78 is 6.50. The first-order valence-corrected chi connectivity index (χ1v) is 9.35. The molecule has 4 amide bonds. The van der Waals surface area contributed by atoms with Crippen LogP contribution in [-0.2, 0) is 9.59 Å². The zero-order chi connectivity index (χ0) is 18.0. The van der Waals surface area contributed by atoms with E-state index in [1.165, 1.54) is 4.90 Å². The Morgan fingerprint density at radius 2 is 1.76 bits per heavy atom. The van der Waals surface area contributed by atoms with Gasteiger partial charge in [-0.15, -0.1) is 0 Å². The first kappa shape index (κ1) is 17.9. The quantitative estimate of drug-likeness (QED) is 0.554. The van der Waals surface area contributed by atoms with Gasteiger partial charge in [-0.3, -0.25) is 19.4 Å². The monoisotopic (exact) mass is 408 g/mol. The Labute approximate surface area is 155 Å². The van der Waals surface area contributed by atoms with Crippen LogP contribution in [0.25, 0.3) is 0 Å². The molecule has 2 aliphatic rings. The minimum atomic E-state index is -0.748. The Hall–Kier alpha value is -1.89. The second kappa shape index (κ2) is 7.56. The fraction of sp³-hybridized carbons (Fsp3) is 0.500. The average Bonchev–Trinajstić information content (AvgIpc) is 2.81. The van der Waals surface area contributed by atoms with E-state index >= 15 is 0 Å². The largest absolute Gasteiger partial charge is 0.492 e. The van der Waals surface area contributed by atoms with Gasteiger partial charge in [0.15, 0.2) is 0 Å². The summed E-state index contributed by atoms with van der Waals surface area (Å²) in [5.41, 5.74) is 0. The summed E-state index contributed by atoms with van der Waals surface area (Å²) in [6, 6.07) is 6.59. The Bertz CT molecular complexity index is 676. The predicted octanol–water partition coefficient (Wildman–Crippen LogP) is 3.20. The van der Waals surface area contributed by atoms with Crippen molar-refractivity contribution in [2.24, 2.45) is 5.92 Å². The van der Waals surface area contributed by atoms with Gasteiger partial charge in [-0.2, -0.15) is 0 Å². The molecule has 0 bridgehead atoms. The minimum Gasteiger partial charge on any atom is -0.492 e. The van der Waals surface area contributed by atoms with Crippen LogP contribution in [0.15, 0.2) is 28.7 Å². The molecule has 2 fully saturated rings. The van der Waals surface area contributed by atoms with Gasteiger partial charge in [0.25, 0.3) is 0 Å². The van der Waals surface area contributed by atoms with Crippen LogP contribution in [0.1, 0.15) is 32.6 Å². The van der Waals surface area contributed by atoms with Gasteiger partial charge < -0.3 is 4.74 Å². The molecule has 1 heterocycles. The second-order valence-corrected chi connectivity index (χ2v) is 7.46. The number of nitrogens with zero attached hydrogens (tertiary/aromatic N) is 2. The Morgan fingerprint density at radius 1 is 1.08 bits per heavy atom. The normalized spacial score (nSPS) is 24.2. The van der Waals surface area contributed by atoms with E-state index in [4.69, 9.17) is 4.74 Å². The number of benzene rings is 1. The number of rotatable bonds is 5. The average molecular weight is 409 g/mol. The standard InChI is InChI=1S/C18H21BrN2O4/c1-12-4-2-3-5-15(12)21-17(23)16(22)20(18(21)24)10-11-25-14-8-6-13(19)7-9-14/h6-9,12,15H,2-5,10-11H2,1H3/t12-,15-/m0/s1. The molecule has 0 radical (unpaired) electrons. The zero-order valence-electron chi connectivity index (χ0n) is 14.1. The van der Waals surface area contributed by atoms with Crippen molar-refractivity contribution in [1.82, 2.24) is 9.80 Å². The number of ether oxygens (including phenoxy) is 1. The van der Waals surface area contributed by atoms with Crippen LogP contribution in [0.2, 0.25) is 0 Å². The summed E-state index contributed by atoms with van der Waals surface area (Å²) in [7, 11) is 0. The highest BCUT2D eigenvalue weighted by Crippen LogP contribution is 2.31. The van der Waals surface area contributed by atoms with Crippen molar-refractivity contribution in [1.29, 1.82) is 0 Å². The molecule has 1 aromatic rings. The molecular weight excluding hydrogens is 388 g/mol. The number of hydrogen-bond acceptors (Lipinski definition) is 4. The molecule has 1 aliphatic carbocycles. The van der Waals surface area contributed by atoms with Gasteiger partial charge in [-0.05, 0) is 43.0 Å². The maximum absolute atomic E-state index is 12.6. The van der Waals surface area contributed by atoms with E-state index < -0.39 is 17.8 Å². The summed E-state index contributed by atoms with van der Waals surface area (Å²) in [6.45, 7) is 2.26. The van der Waals surface area contributed by atoms with Gasteiger partial charge in [0, 0.05) is 10.5 Å². The number of hydrogen-bond donors (Lipinski definition) is 0. The third kappa shape index (κ3) is 3.71. The molecule has 2 atom stereocenters. The van der Waals surface area contributed by atoms with E-state index in [1.54, 1.807) is 12.1 Å². The van der Waals surface area contributed by atoms with E-state index in [0.29, 0.717) is 5.75 Å². The smallest absolute Gasteiger partial charge is 0.334 e. The number of carbonyl (C=O) groups is 3. The first-order chi connectivity index (χ1) is 12.0. The van der Waals surface area contributed by atoms with E-state index in [9.17, 15) is 14.4 Å². The van der Waals surface area contributed by atoms with E-state index in [1.807, 2.05) is 19.1 Å². The van der Waals surface area contributed by atoms with Crippen LogP contribution >= 0.6 is 15.9 Å². The SMILES string of the molecule is C[C@H]1CCCC[C@@H]1N1C(=O)C(=O)N(CCOc2ccc(Br)cc2)C1=O. The van der Waals surface area contributed by atoms with Crippen molar-refractivity contribution in [3.05, 3.63) is 28.7 Å². The summed E-state index contributed by atoms with van der Waals surface area (Å²) >= 11 is 3.34. The van der Waals surface area contributed by atoms with E-state index in [-0.39, 0.29) is 25.1 Å². The Morgan fingerprint density at radius 3 is 2.44 bits per heavy atom. The highest BCUT2D eigenvalue weighted by Gasteiger charge is 2.48. The molecular formula is C18H21BrN2O4. The topological polar surface area (TPSA) is 66.9 Å². The van der Waals surface area contributed by atoms with Gasteiger partial charge in [0.1, 0.15) is 12.4 Å². The molecule has 1 aromatic carbocycles. The number of urea groups is 1. The maximum Gasteiger partial charge on any atom is 0.334 e. The summed E-state index contributed by atoms with van der Waals surface area (Å²) in [5, 5.41) is 0. The van der Waals surface area contributed by atoms with Crippen LogP contribution < -0.4 is 4.74 Å². The van der Waals surface area contributed by atoms with Crippen molar-refractivity contribution >= 4 is 33.8 Å². The van der Waals surface area contributed by atoms with Crippen LogP contribution in [0, 0.1) is 5.92 Å². The van der Waals surface area contributed by atoms with Crippen molar-refractivity contribution in [2.75, 3.05) is 13.2 Å². The van der Waals surface area contributed by atoms with Gasteiger partial charge in [0.2, 0.25) is 0 Å². The van der Waals surface area contributed by atoms with Crippen molar-refractivity contribution in [2.45, 2.75) is 38.6 Å². The van der Waals surface area contributed by atoms with Gasteiger partial charge in [-0.25, -0.2) is 4.79 Å². The summed E-state index contributed by atoms with van der Waals surface area (Å²) in [6.07, 6.45) is 3.83. The third-order valence-corrected chi connectivity index (χ3v) is 5.41. The fourth-order valence-electron chi connectivity index (χ4n) is 3.48. The minimum absolute atomic E-state index is 0.0665. The van der Waals surface area contributed by atoms with Crippen LogP contribution in [-0.4, -0.2) is 46.8 Å². The number of carbonyl (C=O) groups excluding carboxylic acids is 3. The fourth-order valence-corrected chi connectivity index (χ4v) is 3.74. The molecule has 1 saturated heterocycles. The highest BCUT2D eigenvalue weighted by atomic mass is 79.9. The van der Waals surface area contributed by atoms with Gasteiger partial charge >= 0.3 is 17.8 Å². The van der Waals surface area contributed by atoms with E-state index in [2.05, 4.69) is 15.9 Å². The molecule has 0 N–H and O–H groups in total. The molecule has 0 aromatic heterocycles. The summed E-state index contributed by atoms with van der Waals surface area (Å²) in [4.78, 5) is 39.3. The van der Waals surface area contributed by atoms with E-state index in [0.717, 1.165) is 35.1 Å². The molecule has 0 spiro atoms. The third-order valence-electron chi connectivity index (χ3n) is 4.88. The van der Waals surface area contributed by atoms with Gasteiger partial charge in [0.05, 0.1) is 6.54 Å². The lowest BCUT2D eigenvalue weighted by Gasteiger charge is -2.34. The van der Waals surface area contributed by atoms with Crippen LogP contribution in [0.5, 0.6) is 5.75 Å². The lowest BCUT2D eigenvalue weighted by molar-refractivity contribution is -0.144. The highest BCUT2D eigenvalue weighted by molar-refractivity contribution is 9.10. The maximum atomic E-state index is 12.6. The van der Waals surface area contributed by atoms with Crippen molar-refractivity contribution in [3.63, 3.8) is 0 Å². The molecule has 1 saturated carbocycles. The lowest BCUT2D eigenvalue weighted by Crippen LogP contribution is -2.46. The number of halogens is 1. The molecule has 6 nitrogen and oxygen atoms in total. The molecule has 1 aliphatic heterocycles. The molecule has 7 heteroatoms. The molecule has 134 valence electrons. The molecule has 0 unspecified atom stereocenters. The van der Waals surface area contributed by atoms with Crippen molar-refractivity contribution < 1.29 is 19.1 Å². The lowest BCUT2D eigenvalue weighted by atomic mass is 9.85. The molecule has 3 rings (SSSR count). The number of imide groups is 2. The Kier molecular flexibility index (Phi) is 5.42. The number of amides is 4. The zero-order valence-corrected chi connectivity index (χ0v) is 15.7. The van der Waals surface area contributed by atoms with Crippen LogP contribution in [0.3, 0.4) is 0 Å². The Balaban J connectivity index is 1.62. The predicted molar refractivity (Wildman–Crippen MR) is 95.0 cm³/mol. The second-order valence-electron chi connectivity index (χ2n) is 6.55.